The molecule has 1 atom stereocenters. The van der Waals surface area contributed by atoms with Gasteiger partial charge in [0.25, 0.3) is 5.92 Å². The number of alkyl halides is 5. The highest BCUT2D eigenvalue weighted by Gasteiger charge is 2.39. The van der Waals surface area contributed by atoms with E-state index in [0.717, 1.165) is 12.1 Å². The molecule has 0 saturated carbocycles. The van der Waals surface area contributed by atoms with Crippen molar-refractivity contribution in [1.82, 2.24) is 0 Å². The number of hydrogen-bond acceptors (Lipinski definition) is 1. The summed E-state index contributed by atoms with van der Waals surface area (Å²) in [6, 6.07) is 4.70. The van der Waals surface area contributed by atoms with Crippen molar-refractivity contribution in [3.8, 4) is 0 Å². The normalized spacial score (nSPS) is 13.9. The predicted molar refractivity (Wildman–Crippen MR) is 111 cm³/mol. The molecule has 0 aliphatic heterocycles. The van der Waals surface area contributed by atoms with Gasteiger partial charge in [-0.15, -0.1) is 0 Å². The van der Waals surface area contributed by atoms with Crippen LogP contribution in [0.5, 0.6) is 0 Å². The van der Waals surface area contributed by atoms with Crippen molar-refractivity contribution in [2.75, 3.05) is 0 Å². The van der Waals surface area contributed by atoms with Crippen LogP contribution in [0.3, 0.4) is 0 Å². The Morgan fingerprint density at radius 2 is 1.74 bits per heavy atom. The van der Waals surface area contributed by atoms with E-state index in [0.29, 0.717) is 17.7 Å². The van der Waals surface area contributed by atoms with E-state index in [9.17, 15) is 31.4 Å². The molecule has 0 spiro atoms. The second-order valence-electron chi connectivity index (χ2n) is 6.95. The van der Waals surface area contributed by atoms with Gasteiger partial charge in [-0.25, -0.2) is 13.2 Å². The molecule has 1 unspecified atom stereocenters. The summed E-state index contributed by atoms with van der Waals surface area (Å²) in [5.41, 5.74) is -2.21. The molecule has 31 heavy (non-hydrogen) atoms. The van der Waals surface area contributed by atoms with Gasteiger partial charge in [-0.05, 0) is 42.3 Å². The molecular weight excluding hydrogens is 465 g/mol. The van der Waals surface area contributed by atoms with Gasteiger partial charge < -0.3 is 5.11 Å². The number of benzene rings is 2. The van der Waals surface area contributed by atoms with Crippen molar-refractivity contribution in [3.63, 3.8) is 0 Å². The zero-order valence-electron chi connectivity index (χ0n) is 16.4. The molecule has 0 heterocycles. The van der Waals surface area contributed by atoms with Gasteiger partial charge in [-0.3, -0.25) is 0 Å². The van der Waals surface area contributed by atoms with Crippen LogP contribution in [-0.4, -0.2) is 11.0 Å². The number of hydrogen-bond donors (Lipinski definition) is 1. The summed E-state index contributed by atoms with van der Waals surface area (Å²) >= 11 is 11.9. The fraction of sp³-hybridized carbons (Fsp3) is 0.273. The highest BCUT2D eigenvalue weighted by molar-refractivity contribution is 6.42. The number of aliphatic hydroxyl groups is 1. The standard InChI is InChI=1S/C22H18Cl2F6O/c1-4-21(26,27)16(14-7-11(2)20(24)18(23)9-14)10-19(25)13-5-6-15(12(3)31)17(8-13)22(28,29)30/h5-10,16,31H,3-4H2,1-2H3/b19-10-. The summed E-state index contributed by atoms with van der Waals surface area (Å²) in [4.78, 5) is 0. The van der Waals surface area contributed by atoms with Crippen LogP contribution < -0.4 is 0 Å². The first-order chi connectivity index (χ1) is 14.2. The molecule has 9 heteroatoms. The second-order valence-corrected chi connectivity index (χ2v) is 7.73. The lowest BCUT2D eigenvalue weighted by molar-refractivity contribution is -0.137. The number of halogens is 8. The largest absolute Gasteiger partial charge is 0.508 e. The van der Waals surface area contributed by atoms with Gasteiger partial charge in [0, 0.05) is 17.5 Å². The first-order valence-electron chi connectivity index (χ1n) is 8.99. The highest BCUT2D eigenvalue weighted by atomic mass is 35.5. The molecule has 0 bridgehead atoms. The van der Waals surface area contributed by atoms with E-state index in [1.54, 1.807) is 0 Å². The first-order valence-corrected chi connectivity index (χ1v) is 9.75. The molecule has 0 aromatic heterocycles. The first kappa shape index (κ1) is 25.1. The Labute approximate surface area is 185 Å². The number of allylic oxidation sites excluding steroid dienone is 1. The Morgan fingerprint density at radius 1 is 1.13 bits per heavy atom. The van der Waals surface area contributed by atoms with Crippen molar-refractivity contribution in [3.05, 3.63) is 80.8 Å². The van der Waals surface area contributed by atoms with E-state index < -0.39 is 52.7 Å². The topological polar surface area (TPSA) is 20.2 Å². The quantitative estimate of drug-likeness (QED) is 0.321. The van der Waals surface area contributed by atoms with Gasteiger partial charge in [-0.2, -0.15) is 13.2 Å². The van der Waals surface area contributed by atoms with Gasteiger partial charge in [0.1, 0.15) is 11.6 Å². The molecular formula is C22H18Cl2F6O. The Bertz CT molecular complexity index is 1000. The van der Waals surface area contributed by atoms with E-state index >= 15 is 0 Å². The summed E-state index contributed by atoms with van der Waals surface area (Å²) in [5, 5.41) is 9.53. The van der Waals surface area contributed by atoms with Crippen molar-refractivity contribution in [2.24, 2.45) is 0 Å². The minimum absolute atomic E-state index is 0.00690. The molecule has 1 N–H and O–H groups in total. The van der Waals surface area contributed by atoms with Gasteiger partial charge in [0.2, 0.25) is 0 Å². The SMILES string of the molecule is C=C(O)c1ccc(/C(F)=C/C(c2cc(C)c(Cl)c(Cl)c2)C(F)(F)CC)cc1C(F)(F)F. The van der Waals surface area contributed by atoms with Crippen molar-refractivity contribution in [1.29, 1.82) is 0 Å². The monoisotopic (exact) mass is 482 g/mol. The molecule has 0 radical (unpaired) electrons. The van der Waals surface area contributed by atoms with Crippen LogP contribution in [-0.2, 0) is 6.18 Å². The lowest BCUT2D eigenvalue weighted by Crippen LogP contribution is -2.24. The Balaban J connectivity index is 2.66. The third-order valence-electron chi connectivity index (χ3n) is 4.74. The minimum Gasteiger partial charge on any atom is -0.508 e. The summed E-state index contributed by atoms with van der Waals surface area (Å²) in [6.07, 6.45) is -5.02. The van der Waals surface area contributed by atoms with Gasteiger partial charge in [-0.1, -0.05) is 48.8 Å². The minimum atomic E-state index is -4.93. The smallest absolute Gasteiger partial charge is 0.417 e. The molecule has 2 rings (SSSR count). The third kappa shape index (κ3) is 5.57. The third-order valence-corrected chi connectivity index (χ3v) is 5.64. The van der Waals surface area contributed by atoms with E-state index in [1.807, 2.05) is 0 Å². The Hall–Kier alpha value is -2.12. The zero-order valence-corrected chi connectivity index (χ0v) is 17.9. The van der Waals surface area contributed by atoms with Gasteiger partial charge in [0.15, 0.2) is 0 Å². The summed E-state index contributed by atoms with van der Waals surface area (Å²) < 4.78 is 84.2. The molecule has 0 fully saturated rings. The summed E-state index contributed by atoms with van der Waals surface area (Å²) in [5.74, 6) is -7.38. The number of aliphatic hydroxyl groups excluding tert-OH is 1. The predicted octanol–water partition coefficient (Wildman–Crippen LogP) is 8.99. The van der Waals surface area contributed by atoms with Crippen LogP contribution in [0.15, 0.2) is 43.0 Å². The second kappa shape index (κ2) is 9.17. The van der Waals surface area contributed by atoms with Gasteiger partial charge in [0.05, 0.1) is 21.5 Å². The Kier molecular flexibility index (Phi) is 7.43. The molecule has 0 aliphatic carbocycles. The maximum absolute atomic E-state index is 14.9. The fourth-order valence-electron chi connectivity index (χ4n) is 3.04. The zero-order chi connectivity index (χ0) is 23.7. The van der Waals surface area contributed by atoms with Crippen LogP contribution in [0.25, 0.3) is 11.6 Å². The number of aryl methyl sites for hydroxylation is 1. The Morgan fingerprint density at radius 3 is 2.23 bits per heavy atom. The molecule has 1 nitrogen and oxygen atoms in total. The van der Waals surface area contributed by atoms with Crippen LogP contribution >= 0.6 is 23.2 Å². The lowest BCUT2D eigenvalue weighted by atomic mass is 9.88. The van der Waals surface area contributed by atoms with Gasteiger partial charge >= 0.3 is 6.18 Å². The van der Waals surface area contributed by atoms with Crippen molar-refractivity contribution in [2.45, 2.75) is 38.3 Å². The van der Waals surface area contributed by atoms with Crippen LogP contribution in [0, 0.1) is 6.92 Å². The average molecular weight is 483 g/mol. The van der Waals surface area contributed by atoms with Crippen LogP contribution in [0.4, 0.5) is 26.3 Å². The summed E-state index contributed by atoms with van der Waals surface area (Å²) in [7, 11) is 0. The summed E-state index contributed by atoms with van der Waals surface area (Å²) in [6.45, 7) is 5.79. The van der Waals surface area contributed by atoms with Crippen LogP contribution in [0.2, 0.25) is 10.0 Å². The van der Waals surface area contributed by atoms with E-state index in [1.165, 1.54) is 26.0 Å². The van der Waals surface area contributed by atoms with E-state index in [2.05, 4.69) is 6.58 Å². The molecule has 0 saturated heterocycles. The van der Waals surface area contributed by atoms with E-state index in [4.69, 9.17) is 23.2 Å². The lowest BCUT2D eigenvalue weighted by Gasteiger charge is -2.25. The van der Waals surface area contributed by atoms with Crippen LogP contribution in [0.1, 0.15) is 47.1 Å². The highest BCUT2D eigenvalue weighted by Crippen LogP contribution is 2.42. The fourth-order valence-corrected chi connectivity index (χ4v) is 3.42. The van der Waals surface area contributed by atoms with E-state index in [-0.39, 0.29) is 15.6 Å². The molecule has 0 aliphatic rings. The molecule has 2 aromatic rings. The number of rotatable bonds is 6. The van der Waals surface area contributed by atoms with Crippen molar-refractivity contribution >= 4 is 34.8 Å². The maximum Gasteiger partial charge on any atom is 0.417 e. The van der Waals surface area contributed by atoms with Crippen molar-refractivity contribution < 1.29 is 31.4 Å². The molecule has 0 amide bonds. The molecule has 2 aromatic carbocycles. The average Bonchev–Trinajstić information content (AvgIpc) is 2.68. The molecule has 168 valence electrons. The maximum atomic E-state index is 14.9.